The highest BCUT2D eigenvalue weighted by molar-refractivity contribution is 9.09. The molecule has 0 aliphatic heterocycles. The molecule has 0 spiro atoms. The van der Waals surface area contributed by atoms with Gasteiger partial charge in [0.25, 0.3) is 0 Å². The van der Waals surface area contributed by atoms with Gasteiger partial charge in [0, 0.05) is 9.85 Å². The first kappa shape index (κ1) is 12.7. The van der Waals surface area contributed by atoms with Crippen molar-refractivity contribution >= 4 is 27.5 Å². The van der Waals surface area contributed by atoms with E-state index in [4.69, 9.17) is 11.6 Å². The van der Waals surface area contributed by atoms with E-state index in [0.717, 1.165) is 17.9 Å². The molecule has 0 heterocycles. The molecule has 0 aromatic heterocycles. The molecule has 0 radical (unpaired) electrons. The lowest BCUT2D eigenvalue weighted by atomic mass is 10.0. The number of hydrogen-bond acceptors (Lipinski definition) is 0. The lowest BCUT2D eigenvalue weighted by molar-refractivity contribution is 0.813. The predicted molar refractivity (Wildman–Crippen MR) is 77.9 cm³/mol. The standard InChI is InChI=1S/C15H14BrCl/c16-15(13-4-2-1-3-5-13)11-8-12-6-9-14(17)10-7-12/h1-7,9-10,15H,8,11H2. The van der Waals surface area contributed by atoms with Crippen LogP contribution >= 0.6 is 27.5 Å². The summed E-state index contributed by atoms with van der Waals surface area (Å²) in [6, 6.07) is 18.6. The van der Waals surface area contributed by atoms with Gasteiger partial charge < -0.3 is 0 Å². The maximum Gasteiger partial charge on any atom is 0.0406 e. The summed E-state index contributed by atoms with van der Waals surface area (Å²) in [4.78, 5) is 0.416. The fourth-order valence-corrected chi connectivity index (χ4v) is 2.43. The normalized spacial score (nSPS) is 12.4. The second kappa shape index (κ2) is 6.23. The van der Waals surface area contributed by atoms with Crippen LogP contribution in [0.15, 0.2) is 54.6 Å². The molecule has 0 amide bonds. The van der Waals surface area contributed by atoms with Crippen molar-refractivity contribution in [3.05, 3.63) is 70.7 Å². The summed E-state index contributed by atoms with van der Waals surface area (Å²) in [7, 11) is 0. The van der Waals surface area contributed by atoms with Crippen LogP contribution in [0.4, 0.5) is 0 Å². The average Bonchev–Trinajstić information content (AvgIpc) is 2.39. The molecule has 0 saturated heterocycles. The van der Waals surface area contributed by atoms with Gasteiger partial charge in [-0.1, -0.05) is 70.0 Å². The molecule has 2 heteroatoms. The molecule has 0 N–H and O–H groups in total. The third-order valence-corrected chi connectivity index (χ3v) is 4.00. The van der Waals surface area contributed by atoms with E-state index in [0.29, 0.717) is 4.83 Å². The fraction of sp³-hybridized carbons (Fsp3) is 0.200. The number of benzene rings is 2. The highest BCUT2D eigenvalue weighted by Gasteiger charge is 2.06. The van der Waals surface area contributed by atoms with Gasteiger partial charge in [-0.3, -0.25) is 0 Å². The molecule has 88 valence electrons. The van der Waals surface area contributed by atoms with Crippen LogP contribution in [0.1, 0.15) is 22.4 Å². The Balaban J connectivity index is 1.92. The zero-order valence-corrected chi connectivity index (χ0v) is 11.8. The molecule has 0 aliphatic rings. The van der Waals surface area contributed by atoms with Gasteiger partial charge in [0.2, 0.25) is 0 Å². The third kappa shape index (κ3) is 3.86. The van der Waals surface area contributed by atoms with Crippen LogP contribution in [-0.4, -0.2) is 0 Å². The van der Waals surface area contributed by atoms with Gasteiger partial charge in [-0.2, -0.15) is 0 Å². The smallest absolute Gasteiger partial charge is 0.0406 e. The van der Waals surface area contributed by atoms with E-state index in [1.54, 1.807) is 0 Å². The second-order valence-electron chi connectivity index (χ2n) is 4.04. The number of hydrogen-bond donors (Lipinski definition) is 0. The molecule has 0 nitrogen and oxygen atoms in total. The number of alkyl halides is 1. The minimum absolute atomic E-state index is 0.416. The minimum atomic E-state index is 0.416. The first-order chi connectivity index (χ1) is 8.25. The predicted octanol–water partition coefficient (Wildman–Crippen LogP) is 5.41. The van der Waals surface area contributed by atoms with Crippen LogP contribution in [-0.2, 0) is 6.42 Å². The fourth-order valence-electron chi connectivity index (χ4n) is 1.77. The van der Waals surface area contributed by atoms with Crippen LogP contribution in [0.2, 0.25) is 5.02 Å². The van der Waals surface area contributed by atoms with Crippen molar-refractivity contribution in [1.82, 2.24) is 0 Å². The number of halogens is 2. The Bertz CT molecular complexity index is 450. The van der Waals surface area contributed by atoms with Gasteiger partial charge in [0.1, 0.15) is 0 Å². The van der Waals surface area contributed by atoms with Crippen LogP contribution in [0.3, 0.4) is 0 Å². The lowest BCUT2D eigenvalue weighted by Gasteiger charge is -2.10. The van der Waals surface area contributed by atoms with Crippen molar-refractivity contribution in [3.8, 4) is 0 Å². The van der Waals surface area contributed by atoms with Crippen molar-refractivity contribution in [2.75, 3.05) is 0 Å². The molecule has 0 aliphatic carbocycles. The summed E-state index contributed by atoms with van der Waals surface area (Å²) in [5.74, 6) is 0. The first-order valence-corrected chi connectivity index (χ1v) is 6.98. The Labute approximate surface area is 116 Å². The van der Waals surface area contributed by atoms with Crippen molar-refractivity contribution in [2.24, 2.45) is 0 Å². The Kier molecular flexibility index (Phi) is 4.64. The summed E-state index contributed by atoms with van der Waals surface area (Å²) in [5, 5.41) is 0.798. The summed E-state index contributed by atoms with van der Waals surface area (Å²) in [5.41, 5.74) is 2.66. The number of aryl methyl sites for hydroxylation is 1. The topological polar surface area (TPSA) is 0 Å². The second-order valence-corrected chi connectivity index (χ2v) is 5.59. The van der Waals surface area contributed by atoms with E-state index in [1.165, 1.54) is 11.1 Å². The first-order valence-electron chi connectivity index (χ1n) is 5.69. The Hall–Kier alpha value is -0.790. The maximum absolute atomic E-state index is 5.86. The summed E-state index contributed by atoms with van der Waals surface area (Å²) >= 11 is 9.59. The summed E-state index contributed by atoms with van der Waals surface area (Å²) < 4.78 is 0. The third-order valence-electron chi connectivity index (χ3n) is 2.76. The van der Waals surface area contributed by atoms with Crippen molar-refractivity contribution in [1.29, 1.82) is 0 Å². The van der Waals surface area contributed by atoms with E-state index >= 15 is 0 Å². The molecule has 2 aromatic carbocycles. The largest absolute Gasteiger partial charge is 0.0843 e. The molecule has 17 heavy (non-hydrogen) atoms. The van der Waals surface area contributed by atoms with Crippen LogP contribution in [0.25, 0.3) is 0 Å². The molecule has 1 unspecified atom stereocenters. The monoisotopic (exact) mass is 308 g/mol. The molecular formula is C15H14BrCl. The average molecular weight is 310 g/mol. The lowest BCUT2D eigenvalue weighted by Crippen LogP contribution is -1.93. The van der Waals surface area contributed by atoms with Crippen molar-refractivity contribution in [3.63, 3.8) is 0 Å². The molecule has 0 bridgehead atoms. The van der Waals surface area contributed by atoms with E-state index in [1.807, 2.05) is 18.2 Å². The zero-order chi connectivity index (χ0) is 12.1. The Morgan fingerprint density at radius 3 is 2.24 bits per heavy atom. The highest BCUT2D eigenvalue weighted by atomic mass is 79.9. The molecule has 0 fully saturated rings. The van der Waals surface area contributed by atoms with Gasteiger partial charge in [-0.15, -0.1) is 0 Å². The number of rotatable bonds is 4. The van der Waals surface area contributed by atoms with Crippen LogP contribution < -0.4 is 0 Å². The van der Waals surface area contributed by atoms with Gasteiger partial charge >= 0.3 is 0 Å². The minimum Gasteiger partial charge on any atom is -0.0843 e. The van der Waals surface area contributed by atoms with Gasteiger partial charge in [-0.05, 0) is 36.1 Å². The Morgan fingerprint density at radius 1 is 0.941 bits per heavy atom. The summed E-state index contributed by atoms with van der Waals surface area (Å²) in [6.07, 6.45) is 2.15. The van der Waals surface area contributed by atoms with E-state index < -0.39 is 0 Å². The maximum atomic E-state index is 5.86. The molecule has 0 saturated carbocycles. The highest BCUT2D eigenvalue weighted by Crippen LogP contribution is 2.27. The molecular weight excluding hydrogens is 296 g/mol. The van der Waals surface area contributed by atoms with E-state index in [9.17, 15) is 0 Å². The van der Waals surface area contributed by atoms with E-state index in [2.05, 4.69) is 52.3 Å². The quantitative estimate of drug-likeness (QED) is 0.663. The van der Waals surface area contributed by atoms with Gasteiger partial charge in [0.05, 0.1) is 0 Å². The van der Waals surface area contributed by atoms with Crippen molar-refractivity contribution < 1.29 is 0 Å². The van der Waals surface area contributed by atoms with E-state index in [-0.39, 0.29) is 0 Å². The molecule has 2 rings (SSSR count). The van der Waals surface area contributed by atoms with Gasteiger partial charge in [-0.25, -0.2) is 0 Å². The molecule has 1 atom stereocenters. The van der Waals surface area contributed by atoms with Crippen LogP contribution in [0.5, 0.6) is 0 Å². The molecule has 2 aromatic rings. The Morgan fingerprint density at radius 2 is 1.59 bits per heavy atom. The van der Waals surface area contributed by atoms with Crippen molar-refractivity contribution in [2.45, 2.75) is 17.7 Å². The zero-order valence-electron chi connectivity index (χ0n) is 9.44. The SMILES string of the molecule is Clc1ccc(CCC(Br)c2ccccc2)cc1. The summed E-state index contributed by atoms with van der Waals surface area (Å²) in [6.45, 7) is 0. The van der Waals surface area contributed by atoms with Gasteiger partial charge in [0.15, 0.2) is 0 Å². The van der Waals surface area contributed by atoms with Crippen LogP contribution in [0, 0.1) is 0 Å².